The average Bonchev–Trinajstić information content (AvgIpc) is 3.37. The van der Waals surface area contributed by atoms with Crippen molar-refractivity contribution in [2.45, 2.75) is 60.1 Å². The molecule has 0 saturated carbocycles. The van der Waals surface area contributed by atoms with Crippen LogP contribution >= 0.6 is 0 Å². The molecule has 0 saturated heterocycles. The molecule has 0 bridgehead atoms. The summed E-state index contributed by atoms with van der Waals surface area (Å²) < 4.78 is 86.5. The van der Waals surface area contributed by atoms with Crippen LogP contribution in [0.4, 0.5) is 15.0 Å². The largest absolute Gasteiger partial charge is 0.497 e. The molecule has 2 aromatic carbocycles. The van der Waals surface area contributed by atoms with Gasteiger partial charge in [-0.1, -0.05) is 24.3 Å². The maximum absolute atomic E-state index is 15.2. The van der Waals surface area contributed by atoms with E-state index in [-0.39, 0.29) is 17.0 Å². The van der Waals surface area contributed by atoms with Crippen molar-refractivity contribution in [2.75, 3.05) is 26.6 Å². The SMILES string of the molecule is COc1ccc(CS(=O)(=O)c2nc3c(c(S(=O)(=O)Cc4ccc(OC)cc4)n2)C2=CC(F)=CC(N(C)C(=O)OC(C)(C)C)C2N3)cc1. The van der Waals surface area contributed by atoms with Gasteiger partial charge in [0, 0.05) is 7.05 Å². The predicted molar refractivity (Wildman–Crippen MR) is 172 cm³/mol. The second-order valence-corrected chi connectivity index (χ2v) is 15.9. The van der Waals surface area contributed by atoms with Gasteiger partial charge in [0.05, 0.1) is 43.4 Å². The molecule has 1 N–H and O–H groups in total. The molecule has 15 heteroatoms. The van der Waals surface area contributed by atoms with Crippen LogP contribution in [0.25, 0.3) is 5.57 Å². The van der Waals surface area contributed by atoms with Crippen LogP contribution in [-0.2, 0) is 35.9 Å². The molecule has 5 rings (SSSR count). The number of halogens is 1. The van der Waals surface area contributed by atoms with Crippen molar-refractivity contribution in [2.24, 2.45) is 0 Å². The van der Waals surface area contributed by atoms with Crippen molar-refractivity contribution in [1.82, 2.24) is 14.9 Å². The molecular weight excluding hydrogens is 652 g/mol. The Kier molecular flexibility index (Phi) is 9.08. The number of likely N-dealkylation sites (N-methyl/N-ethyl adjacent to an activating group) is 1. The van der Waals surface area contributed by atoms with Crippen LogP contribution in [0.2, 0.25) is 0 Å². The summed E-state index contributed by atoms with van der Waals surface area (Å²) in [7, 11) is -4.29. The zero-order valence-corrected chi connectivity index (χ0v) is 28.3. The van der Waals surface area contributed by atoms with Crippen LogP contribution in [0.3, 0.4) is 0 Å². The Morgan fingerprint density at radius 1 is 0.894 bits per heavy atom. The van der Waals surface area contributed by atoms with Gasteiger partial charge in [0.1, 0.15) is 28.7 Å². The number of nitrogens with one attached hydrogen (secondary N) is 1. The molecule has 2 atom stereocenters. The average molecular weight is 687 g/mol. The molecule has 2 unspecified atom stereocenters. The number of hydrogen-bond donors (Lipinski definition) is 1. The van der Waals surface area contributed by atoms with Gasteiger partial charge in [0.25, 0.3) is 5.16 Å². The van der Waals surface area contributed by atoms with Crippen molar-refractivity contribution in [1.29, 1.82) is 0 Å². The maximum Gasteiger partial charge on any atom is 0.410 e. The van der Waals surface area contributed by atoms with E-state index in [9.17, 15) is 21.6 Å². The molecule has 0 fully saturated rings. The molecule has 1 aliphatic heterocycles. The van der Waals surface area contributed by atoms with Gasteiger partial charge in [-0.2, -0.15) is 0 Å². The van der Waals surface area contributed by atoms with E-state index in [1.54, 1.807) is 69.3 Å². The van der Waals surface area contributed by atoms with Crippen molar-refractivity contribution in [3.63, 3.8) is 0 Å². The van der Waals surface area contributed by atoms with E-state index in [0.717, 1.165) is 6.08 Å². The fraction of sp³-hybridized carbons (Fsp3) is 0.344. The fourth-order valence-corrected chi connectivity index (χ4v) is 8.02. The Morgan fingerprint density at radius 3 is 1.94 bits per heavy atom. The van der Waals surface area contributed by atoms with Gasteiger partial charge in [-0.05, 0) is 73.9 Å². The number of rotatable bonds is 9. The third-order valence-electron chi connectivity index (χ3n) is 7.47. The number of methoxy groups -OCH3 is 2. The Balaban J connectivity index is 1.61. The standard InChI is InChI=1S/C32H35FN4O8S2/c1-32(2,3)45-31(38)37(4)25-16-21(33)15-24-26-28(34-27(24)25)35-30(47(41,42)18-20-9-13-23(44-6)14-10-20)36-29(26)46(39,40)17-19-7-11-22(43-5)12-8-19/h7-16,25,27H,17-18H2,1-6H3,(H,34,35,36). The summed E-state index contributed by atoms with van der Waals surface area (Å²) in [6.45, 7) is 5.07. The first-order valence-electron chi connectivity index (χ1n) is 14.5. The Hall–Kier alpha value is -4.50. The van der Waals surface area contributed by atoms with E-state index < -0.39 is 71.0 Å². The number of anilines is 1. The van der Waals surface area contributed by atoms with Crippen LogP contribution < -0.4 is 14.8 Å². The Morgan fingerprint density at radius 2 is 1.43 bits per heavy atom. The zero-order chi connectivity index (χ0) is 34.3. The number of amides is 1. The molecular formula is C32H35FN4O8S2. The van der Waals surface area contributed by atoms with Crippen molar-refractivity contribution < 1.29 is 40.2 Å². The van der Waals surface area contributed by atoms with Crippen LogP contribution in [0.5, 0.6) is 11.5 Å². The van der Waals surface area contributed by atoms with Crippen LogP contribution in [0.1, 0.15) is 37.5 Å². The molecule has 1 aromatic heterocycles. The van der Waals surface area contributed by atoms with Gasteiger partial charge in [-0.25, -0.2) is 36.0 Å². The van der Waals surface area contributed by atoms with Crippen LogP contribution in [-0.4, -0.2) is 76.7 Å². The molecule has 250 valence electrons. The number of nitrogens with zero attached hydrogens (tertiary/aromatic N) is 3. The summed E-state index contributed by atoms with van der Waals surface area (Å²) in [6.07, 6.45) is 1.58. The van der Waals surface area contributed by atoms with Gasteiger partial charge >= 0.3 is 6.09 Å². The summed E-state index contributed by atoms with van der Waals surface area (Å²) in [5, 5.41) is 1.74. The zero-order valence-electron chi connectivity index (χ0n) is 26.6. The van der Waals surface area contributed by atoms with Gasteiger partial charge in [-0.3, -0.25) is 0 Å². The normalized spacial score (nSPS) is 17.4. The second-order valence-electron chi connectivity index (χ2n) is 12.1. The number of sulfone groups is 2. The topological polar surface area (TPSA) is 154 Å². The summed E-state index contributed by atoms with van der Waals surface area (Å²) in [5.74, 6) is -0.887. The number of ether oxygens (including phenoxy) is 3. The molecule has 2 heterocycles. The van der Waals surface area contributed by atoms with Crippen molar-refractivity contribution in [3.05, 3.63) is 83.2 Å². The summed E-state index contributed by atoms with van der Waals surface area (Å²) >= 11 is 0. The number of carbonyl (C=O) groups is 1. The third-order valence-corrected chi connectivity index (χ3v) is 10.5. The number of hydrogen-bond acceptors (Lipinski definition) is 11. The molecule has 0 radical (unpaired) electrons. The van der Waals surface area contributed by atoms with E-state index in [2.05, 4.69) is 15.3 Å². The van der Waals surface area contributed by atoms with E-state index in [0.29, 0.717) is 22.6 Å². The maximum atomic E-state index is 15.2. The molecule has 3 aromatic rings. The third kappa shape index (κ3) is 7.25. The molecule has 0 spiro atoms. The highest BCUT2D eigenvalue weighted by Crippen LogP contribution is 2.44. The highest BCUT2D eigenvalue weighted by atomic mass is 32.2. The Labute approximate surface area is 273 Å². The predicted octanol–water partition coefficient (Wildman–Crippen LogP) is 4.72. The number of aromatic nitrogens is 2. The fourth-order valence-electron chi connectivity index (χ4n) is 5.22. The second kappa shape index (κ2) is 12.6. The molecule has 47 heavy (non-hydrogen) atoms. The smallest absolute Gasteiger partial charge is 0.410 e. The van der Waals surface area contributed by atoms with Crippen molar-refractivity contribution >= 4 is 37.2 Å². The number of benzene rings is 2. The highest BCUT2D eigenvalue weighted by Gasteiger charge is 2.44. The summed E-state index contributed by atoms with van der Waals surface area (Å²) in [5.41, 5.74) is 0.0150. The lowest BCUT2D eigenvalue weighted by atomic mass is 9.92. The van der Waals surface area contributed by atoms with Crippen molar-refractivity contribution in [3.8, 4) is 11.5 Å². The lowest BCUT2D eigenvalue weighted by molar-refractivity contribution is 0.0251. The van der Waals surface area contributed by atoms with E-state index >= 15 is 4.39 Å². The van der Waals surface area contributed by atoms with Gasteiger partial charge in [0.15, 0.2) is 5.03 Å². The monoisotopic (exact) mass is 686 g/mol. The minimum atomic E-state index is -4.37. The van der Waals surface area contributed by atoms with Crippen LogP contribution in [0.15, 0.2) is 76.7 Å². The lowest BCUT2D eigenvalue weighted by Crippen LogP contribution is -2.48. The van der Waals surface area contributed by atoms with E-state index in [4.69, 9.17) is 14.2 Å². The summed E-state index contributed by atoms with van der Waals surface area (Å²) in [6, 6.07) is 10.8. The van der Waals surface area contributed by atoms with Gasteiger partial charge < -0.3 is 24.4 Å². The lowest BCUT2D eigenvalue weighted by Gasteiger charge is -2.34. The molecule has 2 aliphatic rings. The molecule has 1 amide bonds. The molecule has 1 aliphatic carbocycles. The quantitative estimate of drug-likeness (QED) is 0.246. The first-order valence-corrected chi connectivity index (χ1v) is 17.8. The first-order chi connectivity index (χ1) is 22.0. The Bertz CT molecular complexity index is 1970. The summed E-state index contributed by atoms with van der Waals surface area (Å²) in [4.78, 5) is 22.6. The highest BCUT2D eigenvalue weighted by molar-refractivity contribution is 7.91. The van der Waals surface area contributed by atoms with E-state index in [1.807, 2.05) is 0 Å². The first kappa shape index (κ1) is 33.9. The van der Waals surface area contributed by atoms with Gasteiger partial charge in [0.2, 0.25) is 19.7 Å². The number of allylic oxidation sites excluding steroid dienone is 2. The van der Waals surface area contributed by atoms with E-state index in [1.165, 1.54) is 32.2 Å². The van der Waals surface area contributed by atoms with Gasteiger partial charge in [-0.15, -0.1) is 0 Å². The minimum absolute atomic E-state index is 0.0715. The van der Waals surface area contributed by atoms with Crippen LogP contribution in [0, 0.1) is 0 Å². The molecule has 12 nitrogen and oxygen atoms in total. The number of carbonyl (C=O) groups excluding carboxylic acids is 1. The minimum Gasteiger partial charge on any atom is -0.497 e. The number of fused-ring (bicyclic) bond motifs is 3.